The lowest BCUT2D eigenvalue weighted by atomic mass is 10.2. The van der Waals surface area contributed by atoms with Gasteiger partial charge in [-0.15, -0.1) is 11.3 Å². The lowest BCUT2D eigenvalue weighted by Gasteiger charge is -2.27. The fourth-order valence-corrected chi connectivity index (χ4v) is 3.63. The molecule has 4 nitrogen and oxygen atoms in total. The molecule has 1 saturated heterocycles. The van der Waals surface area contributed by atoms with Crippen molar-refractivity contribution in [2.75, 3.05) is 25.0 Å². The average Bonchev–Trinajstić information content (AvgIpc) is 3.22. The van der Waals surface area contributed by atoms with Crippen molar-refractivity contribution in [1.82, 2.24) is 9.88 Å². The second-order valence-electron chi connectivity index (χ2n) is 5.17. The average molecular weight is 298 g/mol. The minimum atomic E-state index is 0.362. The number of nitrogens with one attached hydrogen (secondary N) is 1. The summed E-state index contributed by atoms with van der Waals surface area (Å²) >= 11 is 1.80. The van der Waals surface area contributed by atoms with E-state index in [1.54, 1.807) is 29.7 Å². The Labute approximate surface area is 129 Å². The van der Waals surface area contributed by atoms with E-state index in [9.17, 15) is 0 Å². The van der Waals surface area contributed by atoms with Crippen molar-refractivity contribution >= 4 is 17.2 Å². The smallest absolute Gasteiger partial charge is 0.143 e. The lowest BCUT2D eigenvalue weighted by Crippen LogP contribution is -2.30. The summed E-state index contributed by atoms with van der Waals surface area (Å²) in [5, 5.41) is 14.6. The van der Waals surface area contributed by atoms with E-state index in [0.29, 0.717) is 17.4 Å². The molecule has 5 heteroatoms. The normalized spacial score (nSPS) is 16.5. The molecule has 1 atom stereocenters. The maximum Gasteiger partial charge on any atom is 0.143 e. The second-order valence-corrected chi connectivity index (χ2v) is 6.15. The topological polar surface area (TPSA) is 52.0 Å². The third-order valence-electron chi connectivity index (χ3n) is 3.84. The predicted molar refractivity (Wildman–Crippen MR) is 85.3 cm³/mol. The van der Waals surface area contributed by atoms with Gasteiger partial charge in [0.05, 0.1) is 11.6 Å². The van der Waals surface area contributed by atoms with Crippen molar-refractivity contribution in [3.05, 3.63) is 46.3 Å². The van der Waals surface area contributed by atoms with Gasteiger partial charge in [-0.2, -0.15) is 5.26 Å². The van der Waals surface area contributed by atoms with E-state index in [1.165, 1.54) is 17.7 Å². The standard InChI is InChI=1S/C16H18N4S/c17-11-13-5-3-7-18-16(13)19-12-14(15-6-4-10-21-15)20-8-1-2-9-20/h3-7,10,14H,1-2,8-9,12H2,(H,18,19). The van der Waals surface area contributed by atoms with E-state index in [2.05, 4.69) is 38.8 Å². The van der Waals surface area contributed by atoms with Crippen molar-refractivity contribution in [3.63, 3.8) is 0 Å². The number of hydrogen-bond donors (Lipinski definition) is 1. The van der Waals surface area contributed by atoms with Gasteiger partial charge in [-0.05, 0) is 49.5 Å². The summed E-state index contributed by atoms with van der Waals surface area (Å²) in [6, 6.07) is 10.4. The van der Waals surface area contributed by atoms with Crippen LogP contribution in [-0.2, 0) is 0 Å². The van der Waals surface area contributed by atoms with Gasteiger partial charge in [0.2, 0.25) is 0 Å². The third-order valence-corrected chi connectivity index (χ3v) is 4.82. The van der Waals surface area contributed by atoms with Crippen LogP contribution in [0.1, 0.15) is 29.3 Å². The first-order valence-electron chi connectivity index (χ1n) is 7.25. The summed E-state index contributed by atoms with van der Waals surface area (Å²) in [6.45, 7) is 3.08. The van der Waals surface area contributed by atoms with Crippen LogP contribution in [0.4, 0.5) is 5.82 Å². The van der Waals surface area contributed by atoms with E-state index < -0.39 is 0 Å². The highest BCUT2D eigenvalue weighted by molar-refractivity contribution is 7.10. The maximum absolute atomic E-state index is 9.14. The first-order chi connectivity index (χ1) is 10.4. The largest absolute Gasteiger partial charge is 0.367 e. The minimum absolute atomic E-state index is 0.362. The Hall–Kier alpha value is -1.90. The highest BCUT2D eigenvalue weighted by Crippen LogP contribution is 2.28. The molecule has 0 saturated carbocycles. The molecule has 1 aliphatic rings. The number of nitriles is 1. The first-order valence-corrected chi connectivity index (χ1v) is 8.13. The summed E-state index contributed by atoms with van der Waals surface area (Å²) < 4.78 is 0. The Morgan fingerprint density at radius 2 is 2.19 bits per heavy atom. The molecule has 0 bridgehead atoms. The van der Waals surface area contributed by atoms with Crippen LogP contribution < -0.4 is 5.32 Å². The zero-order valence-electron chi connectivity index (χ0n) is 11.8. The van der Waals surface area contributed by atoms with Crippen LogP contribution in [0.3, 0.4) is 0 Å². The van der Waals surface area contributed by atoms with E-state index >= 15 is 0 Å². The van der Waals surface area contributed by atoms with Gasteiger partial charge >= 0.3 is 0 Å². The Balaban J connectivity index is 1.74. The minimum Gasteiger partial charge on any atom is -0.367 e. The highest BCUT2D eigenvalue weighted by Gasteiger charge is 2.24. The number of aromatic nitrogens is 1. The SMILES string of the molecule is N#Cc1cccnc1NCC(c1cccs1)N1CCCC1. The molecule has 1 fully saturated rings. The number of hydrogen-bond acceptors (Lipinski definition) is 5. The maximum atomic E-state index is 9.14. The molecule has 1 unspecified atom stereocenters. The summed E-state index contributed by atoms with van der Waals surface area (Å²) in [7, 11) is 0. The number of pyridine rings is 1. The fraction of sp³-hybridized carbons (Fsp3) is 0.375. The number of thiophene rings is 1. The van der Waals surface area contributed by atoms with Gasteiger partial charge in [0, 0.05) is 17.6 Å². The molecule has 3 rings (SSSR count). The van der Waals surface area contributed by atoms with Crippen molar-refractivity contribution < 1.29 is 0 Å². The molecule has 1 aliphatic heterocycles. The van der Waals surface area contributed by atoms with Crippen LogP contribution in [0, 0.1) is 11.3 Å². The van der Waals surface area contributed by atoms with Crippen LogP contribution in [0.25, 0.3) is 0 Å². The second kappa shape index (κ2) is 6.70. The Bertz CT molecular complexity index is 611. The molecule has 0 amide bonds. The summed E-state index contributed by atoms with van der Waals surface area (Å²) in [6.07, 6.45) is 4.27. The van der Waals surface area contributed by atoms with Crippen LogP contribution in [0.15, 0.2) is 35.8 Å². The van der Waals surface area contributed by atoms with Gasteiger partial charge in [0.15, 0.2) is 0 Å². The van der Waals surface area contributed by atoms with Crippen LogP contribution in [-0.4, -0.2) is 29.5 Å². The van der Waals surface area contributed by atoms with Crippen molar-refractivity contribution in [2.24, 2.45) is 0 Å². The Kier molecular flexibility index (Phi) is 4.49. The summed E-state index contributed by atoms with van der Waals surface area (Å²) in [5.41, 5.74) is 0.601. The Morgan fingerprint density at radius 1 is 1.33 bits per heavy atom. The van der Waals surface area contributed by atoms with Gasteiger partial charge < -0.3 is 5.32 Å². The zero-order valence-corrected chi connectivity index (χ0v) is 12.6. The van der Waals surface area contributed by atoms with Crippen molar-refractivity contribution in [1.29, 1.82) is 5.26 Å². The van der Waals surface area contributed by atoms with Crippen molar-refractivity contribution in [3.8, 4) is 6.07 Å². The number of rotatable bonds is 5. The molecule has 2 aromatic rings. The van der Waals surface area contributed by atoms with E-state index in [4.69, 9.17) is 5.26 Å². The third kappa shape index (κ3) is 3.23. The summed E-state index contributed by atoms with van der Waals surface area (Å²) in [5.74, 6) is 0.681. The van der Waals surface area contributed by atoms with Gasteiger partial charge in [0.1, 0.15) is 11.9 Å². The molecule has 0 aliphatic carbocycles. The molecular formula is C16H18N4S. The van der Waals surface area contributed by atoms with E-state index in [1.807, 2.05) is 0 Å². The van der Waals surface area contributed by atoms with Gasteiger partial charge in [-0.3, -0.25) is 4.90 Å². The first kappa shape index (κ1) is 14.1. The fourth-order valence-electron chi connectivity index (χ4n) is 2.77. The van der Waals surface area contributed by atoms with Gasteiger partial charge in [-0.1, -0.05) is 6.07 Å². The number of nitrogens with zero attached hydrogens (tertiary/aromatic N) is 3. The van der Waals surface area contributed by atoms with Crippen LogP contribution in [0.2, 0.25) is 0 Å². The lowest BCUT2D eigenvalue weighted by molar-refractivity contribution is 0.259. The molecular weight excluding hydrogens is 280 g/mol. The number of anilines is 1. The van der Waals surface area contributed by atoms with Crippen LogP contribution >= 0.6 is 11.3 Å². The predicted octanol–water partition coefficient (Wildman–Crippen LogP) is 3.26. The van der Waals surface area contributed by atoms with E-state index in [0.717, 1.165) is 19.6 Å². The highest BCUT2D eigenvalue weighted by atomic mass is 32.1. The monoisotopic (exact) mass is 298 g/mol. The summed E-state index contributed by atoms with van der Waals surface area (Å²) in [4.78, 5) is 8.18. The molecule has 1 N–H and O–H groups in total. The molecule has 0 aromatic carbocycles. The quantitative estimate of drug-likeness (QED) is 0.920. The van der Waals surface area contributed by atoms with Crippen molar-refractivity contribution in [2.45, 2.75) is 18.9 Å². The molecule has 108 valence electrons. The molecule has 21 heavy (non-hydrogen) atoms. The molecule has 2 aromatic heterocycles. The van der Waals surface area contributed by atoms with E-state index in [-0.39, 0.29) is 0 Å². The van der Waals surface area contributed by atoms with Crippen LogP contribution in [0.5, 0.6) is 0 Å². The Morgan fingerprint density at radius 3 is 2.90 bits per heavy atom. The number of likely N-dealkylation sites (tertiary alicyclic amines) is 1. The van der Waals surface area contributed by atoms with Gasteiger partial charge in [-0.25, -0.2) is 4.98 Å². The molecule has 0 radical (unpaired) electrons. The molecule has 0 spiro atoms. The molecule has 3 heterocycles. The zero-order chi connectivity index (χ0) is 14.5. The van der Waals surface area contributed by atoms with Gasteiger partial charge in [0.25, 0.3) is 0 Å².